The summed E-state index contributed by atoms with van der Waals surface area (Å²) in [6.45, 7) is 0. The Hall–Kier alpha value is -0.900. The number of carbonyl (C=O) groups is 1. The molecule has 1 aliphatic carbocycles. The molecular formula is C11H14N2OS. The van der Waals surface area contributed by atoms with Gasteiger partial charge >= 0.3 is 0 Å². The van der Waals surface area contributed by atoms with Gasteiger partial charge in [0.25, 0.3) is 0 Å². The van der Waals surface area contributed by atoms with Crippen LogP contribution in [0.15, 0.2) is 17.4 Å². The third kappa shape index (κ3) is 3.30. The molecule has 3 nitrogen and oxygen atoms in total. The SMILES string of the molecule is CSc1nccc(CC(=O)CC2CC2)n1. The summed E-state index contributed by atoms with van der Waals surface area (Å²) in [7, 11) is 0. The molecule has 0 unspecified atom stereocenters. The molecule has 0 spiro atoms. The van der Waals surface area contributed by atoms with Crippen molar-refractivity contribution >= 4 is 17.5 Å². The lowest BCUT2D eigenvalue weighted by atomic mass is 10.1. The van der Waals surface area contributed by atoms with Crippen LogP contribution in [0.25, 0.3) is 0 Å². The van der Waals surface area contributed by atoms with Gasteiger partial charge in [-0.25, -0.2) is 9.97 Å². The van der Waals surface area contributed by atoms with Gasteiger partial charge in [0.1, 0.15) is 5.78 Å². The molecule has 1 saturated carbocycles. The minimum absolute atomic E-state index is 0.309. The first-order chi connectivity index (χ1) is 7.28. The Morgan fingerprint density at radius 2 is 2.40 bits per heavy atom. The van der Waals surface area contributed by atoms with Gasteiger partial charge in [-0.2, -0.15) is 0 Å². The largest absolute Gasteiger partial charge is 0.299 e. The summed E-state index contributed by atoms with van der Waals surface area (Å²) in [6, 6.07) is 1.82. The first kappa shape index (κ1) is 10.6. The number of thioether (sulfide) groups is 1. The maximum atomic E-state index is 11.6. The Morgan fingerprint density at radius 1 is 1.60 bits per heavy atom. The molecule has 1 aromatic rings. The molecule has 1 aromatic heterocycles. The zero-order valence-electron chi connectivity index (χ0n) is 8.77. The van der Waals surface area contributed by atoms with E-state index < -0.39 is 0 Å². The van der Waals surface area contributed by atoms with Gasteiger partial charge in [-0.3, -0.25) is 4.79 Å². The first-order valence-corrected chi connectivity index (χ1v) is 6.38. The summed E-state index contributed by atoms with van der Waals surface area (Å²) >= 11 is 1.50. The van der Waals surface area contributed by atoms with E-state index in [0.29, 0.717) is 18.1 Å². The van der Waals surface area contributed by atoms with E-state index in [0.717, 1.165) is 17.3 Å². The van der Waals surface area contributed by atoms with Crippen molar-refractivity contribution in [3.8, 4) is 0 Å². The Morgan fingerprint density at radius 3 is 3.07 bits per heavy atom. The molecule has 0 amide bonds. The first-order valence-electron chi connectivity index (χ1n) is 5.15. The summed E-state index contributed by atoms with van der Waals surface area (Å²) in [4.78, 5) is 20.0. The van der Waals surface area contributed by atoms with E-state index in [4.69, 9.17) is 0 Å². The molecule has 2 rings (SSSR count). The van der Waals surface area contributed by atoms with Gasteiger partial charge in [0.05, 0.1) is 5.69 Å². The molecule has 0 saturated heterocycles. The van der Waals surface area contributed by atoms with E-state index in [-0.39, 0.29) is 0 Å². The van der Waals surface area contributed by atoms with Gasteiger partial charge in [0.2, 0.25) is 0 Å². The van der Waals surface area contributed by atoms with Crippen molar-refractivity contribution in [3.63, 3.8) is 0 Å². The number of hydrogen-bond acceptors (Lipinski definition) is 4. The van der Waals surface area contributed by atoms with Crippen LogP contribution in [0.2, 0.25) is 0 Å². The number of rotatable bonds is 5. The Bertz CT molecular complexity index is 363. The van der Waals surface area contributed by atoms with Gasteiger partial charge < -0.3 is 0 Å². The normalized spacial score (nSPS) is 15.3. The summed E-state index contributed by atoms with van der Waals surface area (Å²) in [5, 5.41) is 0.742. The fraction of sp³-hybridized carbons (Fsp3) is 0.545. The second-order valence-corrected chi connectivity index (χ2v) is 4.67. The fourth-order valence-electron chi connectivity index (χ4n) is 1.49. The maximum Gasteiger partial charge on any atom is 0.187 e. The van der Waals surface area contributed by atoms with Crippen LogP contribution in [0.3, 0.4) is 0 Å². The van der Waals surface area contributed by atoms with Crippen LogP contribution < -0.4 is 0 Å². The molecule has 0 aliphatic heterocycles. The van der Waals surface area contributed by atoms with Crippen LogP contribution in [0.4, 0.5) is 0 Å². The molecule has 1 fully saturated rings. The van der Waals surface area contributed by atoms with Gasteiger partial charge in [-0.05, 0) is 31.1 Å². The number of carbonyl (C=O) groups excluding carboxylic acids is 1. The number of Topliss-reactive ketones (excluding diaryl/α,β-unsaturated/α-hetero) is 1. The summed E-state index contributed by atoms with van der Waals surface area (Å²) in [5.74, 6) is 0.975. The van der Waals surface area contributed by atoms with Crippen molar-refractivity contribution in [1.29, 1.82) is 0 Å². The summed E-state index contributed by atoms with van der Waals surface area (Å²) in [6.07, 6.45) is 7.31. The van der Waals surface area contributed by atoms with Gasteiger partial charge in [0.15, 0.2) is 5.16 Å². The fourth-order valence-corrected chi connectivity index (χ4v) is 1.87. The van der Waals surface area contributed by atoms with Crippen molar-refractivity contribution in [2.75, 3.05) is 6.26 Å². The topological polar surface area (TPSA) is 42.9 Å². The van der Waals surface area contributed by atoms with Crippen LogP contribution in [0.5, 0.6) is 0 Å². The molecule has 15 heavy (non-hydrogen) atoms. The minimum Gasteiger partial charge on any atom is -0.299 e. The van der Waals surface area contributed by atoms with E-state index in [9.17, 15) is 4.79 Å². The van der Waals surface area contributed by atoms with Crippen molar-refractivity contribution in [3.05, 3.63) is 18.0 Å². The van der Waals surface area contributed by atoms with E-state index in [1.807, 2.05) is 12.3 Å². The van der Waals surface area contributed by atoms with Gasteiger partial charge in [0, 0.05) is 19.0 Å². The van der Waals surface area contributed by atoms with Crippen LogP contribution in [-0.4, -0.2) is 22.0 Å². The highest BCUT2D eigenvalue weighted by atomic mass is 32.2. The molecule has 0 bridgehead atoms. The predicted molar refractivity (Wildman–Crippen MR) is 59.9 cm³/mol. The predicted octanol–water partition coefficient (Wildman–Crippen LogP) is 2.11. The molecule has 80 valence electrons. The van der Waals surface area contributed by atoms with Gasteiger partial charge in [-0.1, -0.05) is 11.8 Å². The van der Waals surface area contributed by atoms with Crippen molar-refractivity contribution in [2.24, 2.45) is 5.92 Å². The van der Waals surface area contributed by atoms with Crippen LogP contribution in [0.1, 0.15) is 25.0 Å². The summed E-state index contributed by atoms with van der Waals surface area (Å²) in [5.41, 5.74) is 0.847. The quantitative estimate of drug-likeness (QED) is 0.565. The number of ketones is 1. The second-order valence-electron chi connectivity index (χ2n) is 3.90. The molecule has 4 heteroatoms. The van der Waals surface area contributed by atoms with Crippen molar-refractivity contribution in [1.82, 2.24) is 9.97 Å². The summed E-state index contributed by atoms with van der Waals surface area (Å²) < 4.78 is 0. The molecule has 1 heterocycles. The van der Waals surface area contributed by atoms with Crippen LogP contribution >= 0.6 is 11.8 Å². The lowest BCUT2D eigenvalue weighted by Gasteiger charge is -2.00. The van der Waals surface area contributed by atoms with Gasteiger partial charge in [-0.15, -0.1) is 0 Å². The second kappa shape index (κ2) is 4.75. The molecule has 0 aromatic carbocycles. The highest BCUT2D eigenvalue weighted by Crippen LogP contribution is 2.32. The maximum absolute atomic E-state index is 11.6. The average Bonchev–Trinajstić information content (AvgIpc) is 3.02. The molecule has 1 aliphatic rings. The van der Waals surface area contributed by atoms with Crippen molar-refractivity contribution in [2.45, 2.75) is 30.8 Å². The third-order valence-electron chi connectivity index (χ3n) is 2.47. The lowest BCUT2D eigenvalue weighted by Crippen LogP contribution is -2.05. The van der Waals surface area contributed by atoms with E-state index in [1.54, 1.807) is 6.20 Å². The smallest absolute Gasteiger partial charge is 0.187 e. The average molecular weight is 222 g/mol. The number of hydrogen-bond donors (Lipinski definition) is 0. The van der Waals surface area contributed by atoms with Crippen LogP contribution in [0, 0.1) is 5.92 Å². The third-order valence-corrected chi connectivity index (χ3v) is 3.03. The standard InChI is InChI=1S/C11H14N2OS/c1-15-11-12-5-4-9(13-11)7-10(14)6-8-2-3-8/h4-5,8H,2-3,6-7H2,1H3. The van der Waals surface area contributed by atoms with E-state index in [1.165, 1.54) is 24.6 Å². The van der Waals surface area contributed by atoms with Crippen LogP contribution in [-0.2, 0) is 11.2 Å². The lowest BCUT2D eigenvalue weighted by molar-refractivity contribution is -0.118. The molecule has 0 N–H and O–H groups in total. The minimum atomic E-state index is 0.309. The molecular weight excluding hydrogens is 208 g/mol. The number of aromatic nitrogens is 2. The monoisotopic (exact) mass is 222 g/mol. The molecule has 0 radical (unpaired) electrons. The Kier molecular flexibility index (Phi) is 3.36. The Balaban J connectivity index is 1.93. The van der Waals surface area contributed by atoms with E-state index in [2.05, 4.69) is 9.97 Å². The highest BCUT2D eigenvalue weighted by Gasteiger charge is 2.24. The van der Waals surface area contributed by atoms with E-state index >= 15 is 0 Å². The van der Waals surface area contributed by atoms with Crippen molar-refractivity contribution < 1.29 is 4.79 Å². The number of nitrogens with zero attached hydrogens (tertiary/aromatic N) is 2. The molecule has 0 atom stereocenters. The Labute approximate surface area is 93.7 Å². The zero-order valence-corrected chi connectivity index (χ0v) is 9.59. The zero-order chi connectivity index (χ0) is 10.7. The highest BCUT2D eigenvalue weighted by molar-refractivity contribution is 7.98.